The van der Waals surface area contributed by atoms with E-state index in [1.807, 2.05) is 6.92 Å². The number of carbonyl (C=O) groups excluding carboxylic acids is 2. The van der Waals surface area contributed by atoms with Gasteiger partial charge in [0, 0.05) is 39.1 Å². The standard InChI is InChI=1S/C30H50N4O7S/c1-16(29(35)33-15-17-4-7-19(8-5-17)42(31,37)38)41-18-6-10-23-22(14-18)20-12-13-32-26-21-9-11-24(39-2)28(40-3)25(21)30(36)34(23)27(20)26/h16-28,32H,4-15H2,1-3H3,(H,33,35)(H2,31,37,38)/p+1. The predicted octanol–water partition coefficient (Wildman–Crippen LogP) is 0.125. The van der Waals surface area contributed by atoms with Crippen LogP contribution in [0.2, 0.25) is 0 Å². The Morgan fingerprint density at radius 1 is 1.02 bits per heavy atom. The number of piperidine rings is 2. The number of ether oxygens (including phenoxy) is 3. The van der Waals surface area contributed by atoms with Crippen molar-refractivity contribution in [2.24, 2.45) is 34.7 Å². The van der Waals surface area contributed by atoms with E-state index in [2.05, 4.69) is 15.5 Å². The van der Waals surface area contributed by atoms with E-state index < -0.39 is 21.4 Å². The summed E-state index contributed by atoms with van der Waals surface area (Å²) in [6, 6.07) is 0.929. The molecular formula is C30H51N4O7S+. The van der Waals surface area contributed by atoms with Gasteiger partial charge in [0.2, 0.25) is 21.8 Å². The Kier molecular flexibility index (Phi) is 8.94. The van der Waals surface area contributed by atoms with Gasteiger partial charge in [0.1, 0.15) is 12.1 Å². The summed E-state index contributed by atoms with van der Waals surface area (Å²) in [4.78, 5) is 29.5. The molecule has 6 aliphatic rings. The molecule has 2 amide bonds. The predicted molar refractivity (Wildman–Crippen MR) is 154 cm³/mol. The number of amides is 2. The fourth-order valence-electron chi connectivity index (χ4n) is 10.0. The molecule has 0 spiro atoms. The van der Waals surface area contributed by atoms with E-state index in [0.717, 1.165) is 57.9 Å². The van der Waals surface area contributed by atoms with Gasteiger partial charge in [-0.2, -0.15) is 0 Å². The average Bonchev–Trinajstić information content (AvgIpc) is 3.32. The number of methoxy groups -OCH3 is 2. The fourth-order valence-corrected chi connectivity index (χ4v) is 11.0. The number of hydrogen-bond donors (Lipinski definition) is 3. The lowest BCUT2D eigenvalue weighted by molar-refractivity contribution is -0.713. The van der Waals surface area contributed by atoms with Crippen LogP contribution in [0.4, 0.5) is 0 Å². The molecule has 11 unspecified atom stereocenters. The van der Waals surface area contributed by atoms with Crippen molar-refractivity contribution in [3.8, 4) is 0 Å². The molecule has 3 saturated heterocycles. The smallest absolute Gasteiger partial charge is 0.248 e. The maximum Gasteiger partial charge on any atom is 0.248 e. The van der Waals surface area contributed by atoms with E-state index in [9.17, 15) is 18.0 Å². The van der Waals surface area contributed by atoms with Gasteiger partial charge in [0.15, 0.2) is 0 Å². The molecule has 3 saturated carbocycles. The summed E-state index contributed by atoms with van der Waals surface area (Å²) in [5.41, 5.74) is 0. The first-order valence-electron chi connectivity index (χ1n) is 16.3. The lowest BCUT2D eigenvalue weighted by Crippen LogP contribution is -2.99. The molecule has 238 valence electrons. The van der Waals surface area contributed by atoms with Crippen LogP contribution in [0, 0.1) is 29.6 Å². The Bertz CT molecular complexity index is 1110. The van der Waals surface area contributed by atoms with Gasteiger partial charge in [-0.15, -0.1) is 0 Å². The summed E-state index contributed by atoms with van der Waals surface area (Å²) in [7, 11) is -0.0385. The van der Waals surface area contributed by atoms with Crippen molar-refractivity contribution in [1.29, 1.82) is 0 Å². The summed E-state index contributed by atoms with van der Waals surface area (Å²) in [6.07, 6.45) is 7.52. The van der Waals surface area contributed by atoms with Crippen molar-refractivity contribution in [2.75, 3.05) is 27.3 Å². The number of nitrogens with two attached hydrogens (primary N) is 2. The molecule has 3 heterocycles. The number of carbonyl (C=O) groups is 2. The molecule has 6 fully saturated rings. The van der Waals surface area contributed by atoms with E-state index in [1.165, 1.54) is 0 Å². The van der Waals surface area contributed by atoms with Crippen molar-refractivity contribution < 1.29 is 37.5 Å². The van der Waals surface area contributed by atoms with Crippen LogP contribution in [0.25, 0.3) is 0 Å². The molecule has 0 aromatic rings. The minimum absolute atomic E-state index is 0.00452. The molecule has 5 N–H and O–H groups in total. The van der Waals surface area contributed by atoms with Gasteiger partial charge in [-0.3, -0.25) is 9.59 Å². The quantitative estimate of drug-likeness (QED) is 0.353. The monoisotopic (exact) mass is 611 g/mol. The second-order valence-corrected chi connectivity index (χ2v) is 15.8. The number of nitrogens with one attached hydrogen (secondary N) is 1. The second kappa shape index (κ2) is 12.2. The highest BCUT2D eigenvalue weighted by Crippen LogP contribution is 2.53. The maximum absolute atomic E-state index is 14.2. The number of sulfonamides is 1. The maximum atomic E-state index is 14.2. The Labute approximate surface area is 250 Å². The molecule has 42 heavy (non-hydrogen) atoms. The van der Waals surface area contributed by atoms with Gasteiger partial charge in [-0.25, -0.2) is 13.6 Å². The van der Waals surface area contributed by atoms with Crippen molar-refractivity contribution in [3.05, 3.63) is 0 Å². The van der Waals surface area contributed by atoms with Crippen LogP contribution in [0.5, 0.6) is 0 Å². The van der Waals surface area contributed by atoms with Crippen LogP contribution in [-0.4, -0.2) is 100 Å². The highest BCUT2D eigenvalue weighted by Gasteiger charge is 2.66. The van der Waals surface area contributed by atoms with E-state index in [1.54, 1.807) is 14.2 Å². The highest BCUT2D eigenvalue weighted by molar-refractivity contribution is 7.89. The second-order valence-electron chi connectivity index (χ2n) is 14.0. The average molecular weight is 612 g/mol. The minimum Gasteiger partial charge on any atom is -0.379 e. The summed E-state index contributed by atoms with van der Waals surface area (Å²) in [5.74, 6) is 1.49. The van der Waals surface area contributed by atoms with Gasteiger partial charge in [0.05, 0.1) is 42.1 Å². The molecule has 11 nitrogen and oxygen atoms in total. The first-order valence-corrected chi connectivity index (χ1v) is 17.9. The van der Waals surface area contributed by atoms with E-state index in [4.69, 9.17) is 19.3 Å². The lowest BCUT2D eigenvalue weighted by atomic mass is 9.64. The van der Waals surface area contributed by atoms with Gasteiger partial charge >= 0.3 is 0 Å². The van der Waals surface area contributed by atoms with Crippen LogP contribution in [0.1, 0.15) is 71.1 Å². The molecule has 12 heteroatoms. The minimum atomic E-state index is -3.49. The van der Waals surface area contributed by atoms with Gasteiger partial charge < -0.3 is 29.7 Å². The third-order valence-corrected chi connectivity index (χ3v) is 13.4. The summed E-state index contributed by atoms with van der Waals surface area (Å²) in [5, 5.41) is 10.4. The molecule has 0 bridgehead atoms. The first kappa shape index (κ1) is 30.7. The van der Waals surface area contributed by atoms with Gasteiger partial charge in [0.25, 0.3) is 0 Å². The Morgan fingerprint density at radius 3 is 2.48 bits per heavy atom. The van der Waals surface area contributed by atoms with Gasteiger partial charge in [-0.1, -0.05) is 0 Å². The Morgan fingerprint density at radius 2 is 1.79 bits per heavy atom. The zero-order chi connectivity index (χ0) is 29.8. The zero-order valence-corrected chi connectivity index (χ0v) is 26.2. The molecule has 3 aliphatic heterocycles. The van der Waals surface area contributed by atoms with E-state index in [-0.39, 0.29) is 54.0 Å². The molecule has 0 radical (unpaired) electrons. The van der Waals surface area contributed by atoms with Gasteiger partial charge in [-0.05, 0) is 82.5 Å². The largest absolute Gasteiger partial charge is 0.379 e. The fraction of sp³-hybridized carbons (Fsp3) is 0.933. The summed E-state index contributed by atoms with van der Waals surface area (Å²) in [6.45, 7) is 3.45. The van der Waals surface area contributed by atoms with E-state index >= 15 is 0 Å². The third kappa shape index (κ3) is 5.53. The number of quaternary nitrogens is 1. The van der Waals surface area contributed by atoms with Crippen molar-refractivity contribution in [2.45, 2.75) is 119 Å². The Balaban J connectivity index is 1.06. The molecule has 3 aliphatic carbocycles. The first-order chi connectivity index (χ1) is 20.1. The zero-order valence-electron chi connectivity index (χ0n) is 25.4. The Hall–Kier alpha value is -1.31. The number of fused-ring (bicyclic) bond motifs is 5. The summed E-state index contributed by atoms with van der Waals surface area (Å²) >= 11 is 0. The van der Waals surface area contributed by atoms with Crippen molar-refractivity contribution in [3.63, 3.8) is 0 Å². The summed E-state index contributed by atoms with van der Waals surface area (Å²) < 4.78 is 41.3. The molecule has 0 aromatic heterocycles. The van der Waals surface area contributed by atoms with Crippen LogP contribution >= 0.6 is 0 Å². The third-order valence-electron chi connectivity index (χ3n) is 12.0. The SMILES string of the molecule is COC1CCC2C3[NH2+]CCC4C5CC(OC(C)C(=O)NCC6CCC(S(N)(=O)=O)CC6)CCC5N(C(=O)C2C1OC)C43. The molecule has 0 aromatic carbocycles. The number of primary sulfonamides is 1. The molecule has 11 atom stereocenters. The van der Waals surface area contributed by atoms with E-state index in [0.29, 0.717) is 43.2 Å². The highest BCUT2D eigenvalue weighted by atomic mass is 32.2. The number of rotatable bonds is 8. The van der Waals surface area contributed by atoms with Crippen LogP contribution < -0.4 is 15.8 Å². The molecular weight excluding hydrogens is 560 g/mol. The lowest BCUT2D eigenvalue weighted by Gasteiger charge is -2.53. The normalized spacial score (nSPS) is 44.1. The van der Waals surface area contributed by atoms with Crippen LogP contribution in [-0.2, 0) is 33.8 Å². The van der Waals surface area contributed by atoms with Crippen LogP contribution in [0.3, 0.4) is 0 Å². The van der Waals surface area contributed by atoms with Crippen LogP contribution in [0.15, 0.2) is 0 Å². The topological polar surface area (TPSA) is 154 Å². The number of hydrogen-bond acceptors (Lipinski definition) is 7. The number of nitrogens with zero attached hydrogens (tertiary/aromatic N) is 1. The molecule has 6 rings (SSSR count). The van der Waals surface area contributed by atoms with Crippen molar-refractivity contribution in [1.82, 2.24) is 10.2 Å². The van der Waals surface area contributed by atoms with Crippen molar-refractivity contribution >= 4 is 21.8 Å².